The minimum Gasteiger partial charge on any atom is -0.349 e. The van der Waals surface area contributed by atoms with Gasteiger partial charge in [-0.25, -0.2) is 4.39 Å². The van der Waals surface area contributed by atoms with Crippen LogP contribution in [0.3, 0.4) is 0 Å². The van der Waals surface area contributed by atoms with Gasteiger partial charge in [0.2, 0.25) is 11.8 Å². The van der Waals surface area contributed by atoms with Crippen LogP contribution in [0, 0.1) is 5.82 Å². The molecule has 1 aromatic rings. The summed E-state index contributed by atoms with van der Waals surface area (Å²) >= 11 is 0. The Labute approximate surface area is 131 Å². The van der Waals surface area contributed by atoms with Crippen molar-refractivity contribution in [3.8, 4) is 0 Å². The van der Waals surface area contributed by atoms with Gasteiger partial charge in [-0.3, -0.25) is 9.59 Å². The molecule has 1 aromatic carbocycles. The SMILES string of the molecule is CCCCN(Cc1ccccc1F)C(=O)CCC(=O)N(C)C. The average molecular weight is 308 g/mol. The van der Waals surface area contributed by atoms with Gasteiger partial charge in [-0.15, -0.1) is 0 Å². The normalized spacial score (nSPS) is 10.4. The van der Waals surface area contributed by atoms with Crippen molar-refractivity contribution >= 4 is 11.8 Å². The lowest BCUT2D eigenvalue weighted by molar-refractivity contribution is -0.136. The van der Waals surface area contributed by atoms with Crippen molar-refractivity contribution in [3.63, 3.8) is 0 Å². The molecule has 0 heterocycles. The van der Waals surface area contributed by atoms with Crippen LogP contribution in [0.15, 0.2) is 24.3 Å². The van der Waals surface area contributed by atoms with Crippen LogP contribution in [0.4, 0.5) is 4.39 Å². The Balaban J connectivity index is 2.69. The molecule has 0 aliphatic carbocycles. The fraction of sp³-hybridized carbons (Fsp3) is 0.529. The van der Waals surface area contributed by atoms with Crippen LogP contribution in [-0.4, -0.2) is 42.3 Å². The monoisotopic (exact) mass is 308 g/mol. The Kier molecular flexibility index (Phi) is 7.57. The van der Waals surface area contributed by atoms with Gasteiger partial charge >= 0.3 is 0 Å². The Bertz CT molecular complexity index is 503. The van der Waals surface area contributed by atoms with E-state index < -0.39 is 0 Å². The number of hydrogen-bond acceptors (Lipinski definition) is 2. The summed E-state index contributed by atoms with van der Waals surface area (Å²) in [6, 6.07) is 6.48. The first-order chi connectivity index (χ1) is 10.5. The van der Waals surface area contributed by atoms with Gasteiger partial charge in [-0.2, -0.15) is 0 Å². The molecule has 0 saturated heterocycles. The summed E-state index contributed by atoms with van der Waals surface area (Å²) in [7, 11) is 3.34. The lowest BCUT2D eigenvalue weighted by atomic mass is 10.1. The number of amides is 2. The second-order valence-corrected chi connectivity index (χ2v) is 5.55. The molecule has 2 amide bonds. The number of rotatable bonds is 8. The molecule has 22 heavy (non-hydrogen) atoms. The molecule has 0 aliphatic heterocycles. The molecular weight excluding hydrogens is 283 g/mol. The summed E-state index contributed by atoms with van der Waals surface area (Å²) in [4.78, 5) is 27.0. The van der Waals surface area contributed by atoms with E-state index in [4.69, 9.17) is 0 Å². The maximum absolute atomic E-state index is 13.8. The number of hydrogen-bond donors (Lipinski definition) is 0. The molecule has 0 bridgehead atoms. The lowest BCUT2D eigenvalue weighted by Gasteiger charge is -2.23. The van der Waals surface area contributed by atoms with Crippen molar-refractivity contribution in [1.82, 2.24) is 9.80 Å². The third kappa shape index (κ3) is 5.84. The van der Waals surface area contributed by atoms with E-state index in [2.05, 4.69) is 0 Å². The van der Waals surface area contributed by atoms with E-state index in [-0.39, 0.29) is 37.0 Å². The van der Waals surface area contributed by atoms with Gasteiger partial charge in [0.05, 0.1) is 0 Å². The molecule has 0 N–H and O–H groups in total. The molecule has 0 fully saturated rings. The fourth-order valence-corrected chi connectivity index (χ4v) is 2.07. The van der Waals surface area contributed by atoms with Crippen molar-refractivity contribution in [2.75, 3.05) is 20.6 Å². The van der Waals surface area contributed by atoms with Crippen LogP contribution in [0.5, 0.6) is 0 Å². The molecule has 4 nitrogen and oxygen atoms in total. The number of nitrogens with zero attached hydrogens (tertiary/aromatic N) is 2. The highest BCUT2D eigenvalue weighted by Crippen LogP contribution is 2.12. The summed E-state index contributed by atoms with van der Waals surface area (Å²) < 4.78 is 13.8. The van der Waals surface area contributed by atoms with Crippen LogP contribution in [-0.2, 0) is 16.1 Å². The smallest absolute Gasteiger partial charge is 0.223 e. The molecule has 0 aromatic heterocycles. The van der Waals surface area contributed by atoms with Crippen molar-refractivity contribution in [2.45, 2.75) is 39.2 Å². The Morgan fingerprint density at radius 1 is 1.09 bits per heavy atom. The number of benzene rings is 1. The molecular formula is C17H25FN2O2. The standard InChI is InChI=1S/C17H25FN2O2/c1-4-5-12-20(13-14-8-6-7-9-15(14)18)17(22)11-10-16(21)19(2)3/h6-9H,4-5,10-13H2,1-3H3. The number of carbonyl (C=O) groups is 2. The Hall–Kier alpha value is -1.91. The Morgan fingerprint density at radius 3 is 2.32 bits per heavy atom. The molecule has 0 saturated carbocycles. The van der Waals surface area contributed by atoms with Gasteiger partial charge in [-0.05, 0) is 12.5 Å². The number of carbonyl (C=O) groups excluding carboxylic acids is 2. The highest BCUT2D eigenvalue weighted by molar-refractivity contribution is 5.83. The topological polar surface area (TPSA) is 40.6 Å². The van der Waals surface area contributed by atoms with E-state index in [1.165, 1.54) is 11.0 Å². The predicted octanol–water partition coefficient (Wildman–Crippen LogP) is 2.82. The molecule has 5 heteroatoms. The number of unbranched alkanes of at least 4 members (excludes halogenated alkanes) is 1. The summed E-state index contributed by atoms with van der Waals surface area (Å²) in [6.45, 7) is 2.88. The zero-order chi connectivity index (χ0) is 16.5. The maximum Gasteiger partial charge on any atom is 0.223 e. The van der Waals surface area contributed by atoms with Crippen LogP contribution in [0.25, 0.3) is 0 Å². The summed E-state index contributed by atoms with van der Waals surface area (Å²) in [6.07, 6.45) is 2.17. The van der Waals surface area contributed by atoms with Crippen molar-refractivity contribution in [1.29, 1.82) is 0 Å². The minimum absolute atomic E-state index is 0.0744. The van der Waals surface area contributed by atoms with E-state index in [1.807, 2.05) is 6.92 Å². The molecule has 122 valence electrons. The van der Waals surface area contributed by atoms with Gasteiger partial charge in [0.1, 0.15) is 5.82 Å². The second-order valence-electron chi connectivity index (χ2n) is 5.55. The van der Waals surface area contributed by atoms with Gasteiger partial charge in [0.15, 0.2) is 0 Å². The molecule has 0 radical (unpaired) electrons. The maximum atomic E-state index is 13.8. The summed E-state index contributed by atoms with van der Waals surface area (Å²) in [5.41, 5.74) is 0.505. The minimum atomic E-state index is -0.304. The predicted molar refractivity (Wildman–Crippen MR) is 84.7 cm³/mol. The fourth-order valence-electron chi connectivity index (χ4n) is 2.07. The van der Waals surface area contributed by atoms with E-state index in [1.54, 1.807) is 37.2 Å². The van der Waals surface area contributed by atoms with Gasteiger partial charge in [0.25, 0.3) is 0 Å². The zero-order valence-corrected chi connectivity index (χ0v) is 13.6. The van der Waals surface area contributed by atoms with E-state index in [9.17, 15) is 14.0 Å². The van der Waals surface area contributed by atoms with Crippen LogP contribution in [0.1, 0.15) is 38.2 Å². The van der Waals surface area contributed by atoms with Gasteiger partial charge in [0, 0.05) is 45.6 Å². The molecule has 0 unspecified atom stereocenters. The largest absolute Gasteiger partial charge is 0.349 e. The molecule has 0 spiro atoms. The lowest BCUT2D eigenvalue weighted by Crippen LogP contribution is -2.33. The molecule has 0 atom stereocenters. The average Bonchev–Trinajstić information content (AvgIpc) is 2.50. The zero-order valence-electron chi connectivity index (χ0n) is 13.6. The highest BCUT2D eigenvalue weighted by atomic mass is 19.1. The van der Waals surface area contributed by atoms with E-state index in [0.717, 1.165) is 12.8 Å². The van der Waals surface area contributed by atoms with Crippen LogP contribution >= 0.6 is 0 Å². The highest BCUT2D eigenvalue weighted by Gasteiger charge is 2.17. The first kappa shape index (κ1) is 18.1. The van der Waals surface area contributed by atoms with E-state index in [0.29, 0.717) is 12.1 Å². The first-order valence-corrected chi connectivity index (χ1v) is 7.67. The molecule has 0 aliphatic rings. The van der Waals surface area contributed by atoms with E-state index >= 15 is 0 Å². The molecule has 1 rings (SSSR count). The quantitative estimate of drug-likeness (QED) is 0.741. The summed E-state index contributed by atoms with van der Waals surface area (Å²) in [5, 5.41) is 0. The van der Waals surface area contributed by atoms with Crippen LogP contribution in [0.2, 0.25) is 0 Å². The third-order valence-electron chi connectivity index (χ3n) is 3.50. The van der Waals surface area contributed by atoms with Crippen molar-refractivity contribution in [3.05, 3.63) is 35.6 Å². The number of halogens is 1. The van der Waals surface area contributed by atoms with Crippen molar-refractivity contribution < 1.29 is 14.0 Å². The Morgan fingerprint density at radius 2 is 1.73 bits per heavy atom. The van der Waals surface area contributed by atoms with Crippen LogP contribution < -0.4 is 0 Å². The van der Waals surface area contributed by atoms with Gasteiger partial charge < -0.3 is 9.80 Å². The first-order valence-electron chi connectivity index (χ1n) is 7.67. The second kappa shape index (κ2) is 9.18. The van der Waals surface area contributed by atoms with Gasteiger partial charge in [-0.1, -0.05) is 31.5 Å². The summed E-state index contributed by atoms with van der Waals surface area (Å²) in [5.74, 6) is -0.484. The third-order valence-corrected chi connectivity index (χ3v) is 3.50. The van der Waals surface area contributed by atoms with Crippen molar-refractivity contribution in [2.24, 2.45) is 0 Å².